The summed E-state index contributed by atoms with van der Waals surface area (Å²) >= 11 is 0. The monoisotopic (exact) mass is 251 g/mol. The fourth-order valence-electron chi connectivity index (χ4n) is 1.55. The number of halogens is 3. The topological polar surface area (TPSA) is 30.0 Å². The van der Waals surface area contributed by atoms with Crippen LogP contribution in [0.2, 0.25) is 0 Å². The van der Waals surface area contributed by atoms with E-state index in [0.29, 0.717) is 0 Å². The van der Waals surface area contributed by atoms with Gasteiger partial charge in [0.25, 0.3) is 6.43 Å². The molecule has 0 N–H and O–H groups in total. The van der Waals surface area contributed by atoms with Gasteiger partial charge in [-0.3, -0.25) is 9.78 Å². The normalized spacial score (nSPS) is 10.7. The maximum Gasteiger partial charge on any atom is 0.266 e. The summed E-state index contributed by atoms with van der Waals surface area (Å²) in [6, 6.07) is 6.33. The largest absolute Gasteiger partial charge is 0.288 e. The summed E-state index contributed by atoms with van der Waals surface area (Å²) in [5, 5.41) is 0. The molecule has 0 saturated carbocycles. The first-order chi connectivity index (χ1) is 8.61. The van der Waals surface area contributed by atoms with Gasteiger partial charge in [0.2, 0.25) is 0 Å². The number of aromatic nitrogens is 1. The van der Waals surface area contributed by atoms with Crippen molar-refractivity contribution in [3.8, 4) is 0 Å². The third-order valence-electron chi connectivity index (χ3n) is 2.43. The lowest BCUT2D eigenvalue weighted by molar-refractivity contribution is 0.103. The van der Waals surface area contributed by atoms with Gasteiger partial charge >= 0.3 is 0 Å². The van der Waals surface area contributed by atoms with Crippen molar-refractivity contribution in [2.75, 3.05) is 0 Å². The van der Waals surface area contributed by atoms with Crippen LogP contribution in [0.4, 0.5) is 13.2 Å². The second-order valence-corrected chi connectivity index (χ2v) is 3.58. The van der Waals surface area contributed by atoms with Crippen LogP contribution in [0.15, 0.2) is 42.7 Å². The molecule has 18 heavy (non-hydrogen) atoms. The summed E-state index contributed by atoms with van der Waals surface area (Å²) in [7, 11) is 0. The highest BCUT2D eigenvalue weighted by Crippen LogP contribution is 2.25. The summed E-state index contributed by atoms with van der Waals surface area (Å²) in [6.07, 6.45) is -0.230. The third kappa shape index (κ3) is 2.25. The number of hydrogen-bond donors (Lipinski definition) is 0. The molecule has 1 aromatic carbocycles. The Balaban J connectivity index is 2.47. The van der Waals surface area contributed by atoms with Crippen molar-refractivity contribution in [1.82, 2.24) is 4.98 Å². The predicted octanol–water partition coefficient (Wildman–Crippen LogP) is 3.39. The molecule has 92 valence electrons. The van der Waals surface area contributed by atoms with Gasteiger partial charge < -0.3 is 0 Å². The fraction of sp³-hybridized carbons (Fsp3) is 0.0769. The van der Waals surface area contributed by atoms with Crippen LogP contribution in [0.25, 0.3) is 0 Å². The van der Waals surface area contributed by atoms with E-state index < -0.39 is 23.6 Å². The van der Waals surface area contributed by atoms with E-state index in [-0.39, 0.29) is 11.1 Å². The van der Waals surface area contributed by atoms with Gasteiger partial charge in [-0.05, 0) is 18.2 Å². The van der Waals surface area contributed by atoms with Crippen LogP contribution >= 0.6 is 0 Å². The SMILES string of the molecule is O=C(c1cccnc1)c1cccc(C(F)F)c1F. The number of carbonyl (C=O) groups excluding carboxylic acids is 1. The highest BCUT2D eigenvalue weighted by Gasteiger charge is 2.20. The van der Waals surface area contributed by atoms with Gasteiger partial charge in [0.05, 0.1) is 11.1 Å². The van der Waals surface area contributed by atoms with Crippen LogP contribution < -0.4 is 0 Å². The van der Waals surface area contributed by atoms with Crippen molar-refractivity contribution in [3.63, 3.8) is 0 Å². The summed E-state index contributed by atoms with van der Waals surface area (Å²) in [5.41, 5.74) is -0.992. The lowest BCUT2D eigenvalue weighted by Crippen LogP contribution is -2.07. The Labute approximate surface area is 101 Å². The van der Waals surface area contributed by atoms with E-state index in [9.17, 15) is 18.0 Å². The average Bonchev–Trinajstić information content (AvgIpc) is 2.39. The Hall–Kier alpha value is -2.17. The Bertz CT molecular complexity index is 570. The van der Waals surface area contributed by atoms with Crippen LogP contribution in [-0.2, 0) is 0 Å². The highest BCUT2D eigenvalue weighted by molar-refractivity contribution is 6.09. The molecule has 0 aliphatic heterocycles. The van der Waals surface area contributed by atoms with Gasteiger partial charge in [-0.25, -0.2) is 13.2 Å². The van der Waals surface area contributed by atoms with Crippen LogP contribution in [0, 0.1) is 5.82 Å². The maximum absolute atomic E-state index is 13.7. The second kappa shape index (κ2) is 5.00. The zero-order chi connectivity index (χ0) is 13.1. The summed E-state index contributed by atoms with van der Waals surface area (Å²) in [6.45, 7) is 0. The van der Waals surface area contributed by atoms with Crippen molar-refractivity contribution in [2.24, 2.45) is 0 Å². The molecule has 0 radical (unpaired) electrons. The molecule has 2 nitrogen and oxygen atoms in total. The van der Waals surface area contributed by atoms with E-state index in [1.165, 1.54) is 36.7 Å². The fourth-order valence-corrected chi connectivity index (χ4v) is 1.55. The molecule has 0 bridgehead atoms. The number of hydrogen-bond acceptors (Lipinski definition) is 2. The smallest absolute Gasteiger partial charge is 0.266 e. The molecule has 0 fully saturated rings. The molecular formula is C13H8F3NO. The Kier molecular flexibility index (Phi) is 3.41. The van der Waals surface area contributed by atoms with Crippen LogP contribution in [0.5, 0.6) is 0 Å². The van der Waals surface area contributed by atoms with Gasteiger partial charge in [0.15, 0.2) is 5.78 Å². The van der Waals surface area contributed by atoms with Crippen LogP contribution in [0.3, 0.4) is 0 Å². The molecule has 2 aromatic rings. The molecule has 0 spiro atoms. The summed E-state index contributed by atoms with van der Waals surface area (Å²) < 4.78 is 38.8. The molecule has 0 amide bonds. The minimum atomic E-state index is -2.95. The first kappa shape index (κ1) is 12.3. The third-order valence-corrected chi connectivity index (χ3v) is 2.43. The Morgan fingerprint density at radius 1 is 1.17 bits per heavy atom. The number of carbonyl (C=O) groups is 1. The highest BCUT2D eigenvalue weighted by atomic mass is 19.3. The molecular weight excluding hydrogens is 243 g/mol. The Morgan fingerprint density at radius 2 is 1.94 bits per heavy atom. The van der Waals surface area contributed by atoms with E-state index >= 15 is 0 Å². The zero-order valence-corrected chi connectivity index (χ0v) is 9.11. The molecule has 0 saturated heterocycles. The second-order valence-electron chi connectivity index (χ2n) is 3.58. The van der Waals surface area contributed by atoms with Gasteiger partial charge in [-0.2, -0.15) is 0 Å². The van der Waals surface area contributed by atoms with Crippen molar-refractivity contribution >= 4 is 5.78 Å². The predicted molar refractivity (Wildman–Crippen MR) is 59.0 cm³/mol. The van der Waals surface area contributed by atoms with E-state index in [0.717, 1.165) is 6.07 Å². The zero-order valence-electron chi connectivity index (χ0n) is 9.11. The van der Waals surface area contributed by atoms with Crippen molar-refractivity contribution < 1.29 is 18.0 Å². The van der Waals surface area contributed by atoms with Gasteiger partial charge in [-0.15, -0.1) is 0 Å². The first-order valence-corrected chi connectivity index (χ1v) is 5.12. The minimum absolute atomic E-state index is 0.155. The molecule has 1 heterocycles. The number of ketones is 1. The van der Waals surface area contributed by atoms with Crippen molar-refractivity contribution in [3.05, 3.63) is 65.2 Å². The summed E-state index contributed by atoms with van der Waals surface area (Å²) in [4.78, 5) is 15.6. The molecule has 0 aliphatic carbocycles. The lowest BCUT2D eigenvalue weighted by atomic mass is 10.0. The number of rotatable bonds is 3. The molecule has 5 heteroatoms. The quantitative estimate of drug-likeness (QED) is 0.782. The number of alkyl halides is 2. The average molecular weight is 251 g/mol. The van der Waals surface area contributed by atoms with E-state index in [2.05, 4.69) is 4.98 Å². The van der Waals surface area contributed by atoms with Gasteiger partial charge in [0, 0.05) is 18.0 Å². The van der Waals surface area contributed by atoms with E-state index in [1.807, 2.05) is 0 Å². The summed E-state index contributed by atoms with van der Waals surface area (Å²) in [5.74, 6) is -1.84. The van der Waals surface area contributed by atoms with Crippen molar-refractivity contribution in [2.45, 2.75) is 6.43 Å². The Morgan fingerprint density at radius 3 is 2.56 bits per heavy atom. The first-order valence-electron chi connectivity index (χ1n) is 5.12. The minimum Gasteiger partial charge on any atom is -0.288 e. The van der Waals surface area contributed by atoms with Gasteiger partial charge in [0.1, 0.15) is 5.82 Å². The maximum atomic E-state index is 13.7. The molecule has 1 aromatic heterocycles. The number of benzene rings is 1. The number of pyridine rings is 1. The number of nitrogens with zero attached hydrogens (tertiary/aromatic N) is 1. The molecule has 0 unspecified atom stereocenters. The molecule has 2 rings (SSSR count). The van der Waals surface area contributed by atoms with Gasteiger partial charge in [-0.1, -0.05) is 12.1 Å². The van der Waals surface area contributed by atoms with Crippen molar-refractivity contribution in [1.29, 1.82) is 0 Å². The molecule has 0 atom stereocenters. The van der Waals surface area contributed by atoms with E-state index in [1.54, 1.807) is 0 Å². The van der Waals surface area contributed by atoms with E-state index in [4.69, 9.17) is 0 Å². The lowest BCUT2D eigenvalue weighted by Gasteiger charge is -2.06. The van der Waals surface area contributed by atoms with Crippen LogP contribution in [0.1, 0.15) is 27.9 Å². The molecule has 0 aliphatic rings. The standard InChI is InChI=1S/C13H8F3NO/c14-11-9(4-1-5-10(11)13(15)16)12(18)8-3-2-6-17-7-8/h1-7,13H. The van der Waals surface area contributed by atoms with Crippen LogP contribution in [-0.4, -0.2) is 10.8 Å².